The van der Waals surface area contributed by atoms with Crippen molar-refractivity contribution in [2.24, 2.45) is 10.3 Å². The minimum absolute atomic E-state index is 0.0586. The molecule has 0 bridgehead atoms. The summed E-state index contributed by atoms with van der Waals surface area (Å²) in [5.41, 5.74) is -0.166. The first-order valence-corrected chi connectivity index (χ1v) is 9.94. The number of aromatic nitrogens is 1. The molecule has 1 aliphatic rings. The van der Waals surface area contributed by atoms with Crippen LogP contribution in [0.5, 0.6) is 5.75 Å². The van der Waals surface area contributed by atoms with Crippen molar-refractivity contribution in [2.45, 2.75) is 25.1 Å². The molecule has 1 unspecified atom stereocenters. The van der Waals surface area contributed by atoms with Crippen LogP contribution in [0.15, 0.2) is 40.9 Å². The van der Waals surface area contributed by atoms with Crippen molar-refractivity contribution < 1.29 is 21.9 Å². The molecule has 8 nitrogen and oxygen atoms in total. The summed E-state index contributed by atoms with van der Waals surface area (Å²) in [5.74, 6) is -1.42. The molecule has 0 fully saturated rings. The third-order valence-electron chi connectivity index (χ3n) is 4.20. The summed E-state index contributed by atoms with van der Waals surface area (Å²) >= 11 is 0. The lowest BCUT2D eigenvalue weighted by molar-refractivity contribution is 0.412. The maximum absolute atomic E-state index is 14.9. The number of benzene rings is 1. The Balaban J connectivity index is 1.88. The Bertz CT molecular complexity index is 1010. The van der Waals surface area contributed by atoms with Gasteiger partial charge in [-0.25, -0.2) is 22.2 Å². The standard InChI is InChI=1S/C17H19F2N5O3S/c1-10(2)28(25,26)22-14-5-4-13(18)17(16(14)19)24-9-15(21-23-24)11-6-12(27-3)8-20-7-11/h4-8,10,15,22H,9H2,1-3H3. The van der Waals surface area contributed by atoms with Crippen LogP contribution in [0.25, 0.3) is 0 Å². The molecule has 0 aliphatic carbocycles. The molecule has 1 N–H and O–H groups in total. The van der Waals surface area contributed by atoms with E-state index < -0.39 is 38.6 Å². The van der Waals surface area contributed by atoms with E-state index in [9.17, 15) is 17.2 Å². The molecule has 1 atom stereocenters. The third-order valence-corrected chi connectivity index (χ3v) is 5.94. The van der Waals surface area contributed by atoms with Gasteiger partial charge in [0.1, 0.15) is 17.5 Å². The first kappa shape index (κ1) is 19.9. The number of ether oxygens (including phenoxy) is 1. The largest absolute Gasteiger partial charge is 0.495 e. The Morgan fingerprint density at radius 2 is 2.04 bits per heavy atom. The van der Waals surface area contributed by atoms with Crippen LogP contribution in [0, 0.1) is 11.6 Å². The Labute approximate surface area is 161 Å². The van der Waals surface area contributed by atoms with Gasteiger partial charge < -0.3 is 4.74 Å². The van der Waals surface area contributed by atoms with Crippen molar-refractivity contribution in [3.05, 3.63) is 47.8 Å². The van der Waals surface area contributed by atoms with Gasteiger partial charge in [0.15, 0.2) is 11.6 Å². The monoisotopic (exact) mass is 411 g/mol. The fourth-order valence-corrected chi connectivity index (χ4v) is 3.23. The summed E-state index contributed by atoms with van der Waals surface area (Å²) in [6.45, 7) is 2.96. The van der Waals surface area contributed by atoms with Gasteiger partial charge in [0.05, 0.1) is 30.8 Å². The van der Waals surface area contributed by atoms with E-state index >= 15 is 0 Å². The average molecular weight is 411 g/mol. The first-order chi connectivity index (χ1) is 13.2. The second-order valence-electron chi connectivity index (χ2n) is 6.41. The second-order valence-corrected chi connectivity index (χ2v) is 8.65. The number of rotatable bonds is 6. The van der Waals surface area contributed by atoms with Crippen LogP contribution in [0.4, 0.5) is 20.2 Å². The Hall–Kier alpha value is -2.82. The SMILES string of the molecule is COc1cncc(C2CN(c3c(F)ccc(NS(=O)(=O)C(C)C)c3F)N=N2)c1. The number of halogens is 2. The van der Waals surface area contributed by atoms with Gasteiger partial charge in [-0.3, -0.25) is 9.71 Å². The highest BCUT2D eigenvalue weighted by molar-refractivity contribution is 7.93. The van der Waals surface area contributed by atoms with Gasteiger partial charge in [-0.2, -0.15) is 5.11 Å². The zero-order chi connectivity index (χ0) is 20.5. The number of hydrogen-bond acceptors (Lipinski definition) is 7. The van der Waals surface area contributed by atoms with Crippen molar-refractivity contribution in [1.82, 2.24) is 4.98 Å². The molecule has 0 radical (unpaired) electrons. The van der Waals surface area contributed by atoms with E-state index in [0.29, 0.717) is 11.3 Å². The second kappa shape index (κ2) is 7.66. The topological polar surface area (TPSA) is 96.2 Å². The van der Waals surface area contributed by atoms with Crippen molar-refractivity contribution >= 4 is 21.4 Å². The summed E-state index contributed by atoms with van der Waals surface area (Å²) in [6, 6.07) is 3.22. The number of hydrogen-bond donors (Lipinski definition) is 1. The van der Waals surface area contributed by atoms with Crippen LogP contribution in [0.3, 0.4) is 0 Å². The minimum atomic E-state index is -3.80. The number of pyridine rings is 1. The number of anilines is 2. The molecule has 1 aromatic carbocycles. The van der Waals surface area contributed by atoms with E-state index in [2.05, 4.69) is 20.0 Å². The first-order valence-electron chi connectivity index (χ1n) is 8.39. The van der Waals surface area contributed by atoms with Gasteiger partial charge in [-0.15, -0.1) is 0 Å². The lowest BCUT2D eigenvalue weighted by Crippen LogP contribution is -2.24. The van der Waals surface area contributed by atoms with Crippen LogP contribution < -0.4 is 14.5 Å². The maximum atomic E-state index is 14.9. The summed E-state index contributed by atoms with van der Waals surface area (Å²) in [7, 11) is -2.30. The molecule has 2 heterocycles. The van der Waals surface area contributed by atoms with E-state index in [-0.39, 0.29) is 12.2 Å². The van der Waals surface area contributed by atoms with Crippen LogP contribution in [-0.4, -0.2) is 32.3 Å². The molecule has 3 rings (SSSR count). The summed E-state index contributed by atoms with van der Waals surface area (Å²) in [4.78, 5) is 4.03. The highest BCUT2D eigenvalue weighted by Crippen LogP contribution is 2.35. The van der Waals surface area contributed by atoms with Gasteiger partial charge in [0, 0.05) is 11.8 Å². The molecular weight excluding hydrogens is 392 g/mol. The zero-order valence-electron chi connectivity index (χ0n) is 15.4. The van der Waals surface area contributed by atoms with Crippen LogP contribution >= 0.6 is 0 Å². The van der Waals surface area contributed by atoms with Gasteiger partial charge >= 0.3 is 0 Å². The molecular formula is C17H19F2N5O3S. The zero-order valence-corrected chi connectivity index (χ0v) is 16.2. The van der Waals surface area contributed by atoms with Crippen LogP contribution in [0.2, 0.25) is 0 Å². The fraction of sp³-hybridized carbons (Fsp3) is 0.353. The van der Waals surface area contributed by atoms with Gasteiger partial charge in [0.2, 0.25) is 10.0 Å². The lowest BCUT2D eigenvalue weighted by atomic mass is 10.1. The molecule has 28 heavy (non-hydrogen) atoms. The third kappa shape index (κ3) is 3.88. The molecule has 2 aromatic rings. The highest BCUT2D eigenvalue weighted by Gasteiger charge is 2.29. The molecule has 150 valence electrons. The number of sulfonamides is 1. The predicted octanol–water partition coefficient (Wildman–Crippen LogP) is 3.45. The van der Waals surface area contributed by atoms with Gasteiger partial charge in [0.25, 0.3) is 0 Å². The molecule has 1 aliphatic heterocycles. The fourth-order valence-electron chi connectivity index (χ4n) is 2.53. The van der Waals surface area contributed by atoms with Gasteiger partial charge in [-0.05, 0) is 32.0 Å². The Morgan fingerprint density at radius 1 is 1.29 bits per heavy atom. The van der Waals surface area contributed by atoms with Crippen molar-refractivity contribution in [3.63, 3.8) is 0 Å². The van der Waals surface area contributed by atoms with Crippen LogP contribution in [0.1, 0.15) is 25.5 Å². The number of nitrogens with one attached hydrogen (secondary N) is 1. The normalized spacial score (nSPS) is 16.6. The van der Waals surface area contributed by atoms with E-state index in [1.54, 1.807) is 12.3 Å². The van der Waals surface area contributed by atoms with Crippen LogP contribution in [-0.2, 0) is 10.0 Å². The van der Waals surface area contributed by atoms with Crippen molar-refractivity contribution in [3.8, 4) is 5.75 Å². The molecule has 0 spiro atoms. The van der Waals surface area contributed by atoms with Crippen molar-refractivity contribution in [1.29, 1.82) is 0 Å². The van der Waals surface area contributed by atoms with Gasteiger partial charge in [-0.1, -0.05) is 5.22 Å². The maximum Gasteiger partial charge on any atom is 0.235 e. The quantitative estimate of drug-likeness (QED) is 0.785. The molecule has 0 saturated heterocycles. The molecule has 11 heteroatoms. The average Bonchev–Trinajstić information content (AvgIpc) is 3.14. The summed E-state index contributed by atoms with van der Waals surface area (Å²) in [6.07, 6.45) is 3.09. The lowest BCUT2D eigenvalue weighted by Gasteiger charge is -2.18. The Morgan fingerprint density at radius 3 is 2.71 bits per heavy atom. The Kier molecular flexibility index (Phi) is 5.45. The molecule has 0 saturated carbocycles. The summed E-state index contributed by atoms with van der Waals surface area (Å²) < 4.78 is 60.5. The van der Waals surface area contributed by atoms with E-state index in [4.69, 9.17) is 4.74 Å². The highest BCUT2D eigenvalue weighted by atomic mass is 32.2. The van der Waals surface area contributed by atoms with Crippen molar-refractivity contribution in [2.75, 3.05) is 23.4 Å². The number of methoxy groups -OCH3 is 1. The molecule has 0 amide bonds. The minimum Gasteiger partial charge on any atom is -0.495 e. The van der Waals surface area contributed by atoms with E-state index in [0.717, 1.165) is 17.1 Å². The summed E-state index contributed by atoms with van der Waals surface area (Å²) in [5, 5.41) is 8.16. The van der Waals surface area contributed by atoms with E-state index in [1.807, 2.05) is 0 Å². The smallest absolute Gasteiger partial charge is 0.235 e. The number of nitrogens with zero attached hydrogens (tertiary/aromatic N) is 4. The van der Waals surface area contributed by atoms with E-state index in [1.165, 1.54) is 27.2 Å². The molecule has 1 aromatic heterocycles. The predicted molar refractivity (Wildman–Crippen MR) is 99.8 cm³/mol.